The molecule has 0 aliphatic heterocycles. The molecule has 4 nitrogen and oxygen atoms in total. The zero-order chi connectivity index (χ0) is 20.2. The van der Waals surface area contributed by atoms with Gasteiger partial charge in [-0.2, -0.15) is 0 Å². The molecule has 0 bridgehead atoms. The van der Waals surface area contributed by atoms with Gasteiger partial charge in [-0.15, -0.1) is 0 Å². The first kappa shape index (κ1) is 18.8. The minimum atomic E-state index is -0.0861. The maximum absolute atomic E-state index is 10.3. The first-order chi connectivity index (χ1) is 14.3. The molecule has 29 heavy (non-hydrogen) atoms. The van der Waals surface area contributed by atoms with Crippen molar-refractivity contribution in [1.82, 2.24) is 4.98 Å². The van der Waals surface area contributed by atoms with E-state index in [1.807, 2.05) is 66.7 Å². The van der Waals surface area contributed by atoms with Gasteiger partial charge in [0.1, 0.15) is 0 Å². The van der Waals surface area contributed by atoms with Crippen molar-refractivity contribution >= 4 is 0 Å². The van der Waals surface area contributed by atoms with Gasteiger partial charge in [-0.25, -0.2) is 0 Å². The van der Waals surface area contributed by atoms with Crippen LogP contribution in [0.1, 0.15) is 5.56 Å². The molecule has 0 saturated carbocycles. The van der Waals surface area contributed by atoms with Gasteiger partial charge in [0.05, 0.1) is 32.2 Å². The molecule has 0 saturated heterocycles. The maximum Gasteiger partial charge on any atom is 0.161 e. The van der Waals surface area contributed by atoms with Crippen LogP contribution >= 0.6 is 0 Å². The molecule has 0 fully saturated rings. The van der Waals surface area contributed by atoms with Gasteiger partial charge in [-0.1, -0.05) is 66.7 Å². The summed E-state index contributed by atoms with van der Waals surface area (Å²) in [4.78, 5) is 3.57. The van der Waals surface area contributed by atoms with E-state index < -0.39 is 0 Å². The Hall–Kier alpha value is -3.50. The fraction of sp³-hybridized carbons (Fsp3) is 0.120. The van der Waals surface area contributed by atoms with Gasteiger partial charge < -0.3 is 19.6 Å². The highest BCUT2D eigenvalue weighted by atomic mass is 16.5. The summed E-state index contributed by atoms with van der Waals surface area (Å²) in [7, 11) is 3.25. The van der Waals surface area contributed by atoms with E-state index in [0.29, 0.717) is 11.5 Å². The van der Waals surface area contributed by atoms with Crippen LogP contribution in [0, 0.1) is 0 Å². The molecule has 1 heterocycles. The van der Waals surface area contributed by atoms with Crippen LogP contribution in [-0.4, -0.2) is 24.3 Å². The van der Waals surface area contributed by atoms with Gasteiger partial charge in [-0.05, 0) is 28.8 Å². The van der Waals surface area contributed by atoms with Gasteiger partial charge in [-0.3, -0.25) is 0 Å². The van der Waals surface area contributed by atoms with Crippen LogP contribution < -0.4 is 9.47 Å². The maximum atomic E-state index is 10.3. The van der Waals surface area contributed by atoms with E-state index in [-0.39, 0.29) is 6.61 Å². The third-order valence-electron chi connectivity index (χ3n) is 5.06. The third-order valence-corrected chi connectivity index (χ3v) is 5.06. The van der Waals surface area contributed by atoms with E-state index in [1.54, 1.807) is 14.2 Å². The molecule has 146 valence electrons. The Morgan fingerprint density at radius 2 is 1.28 bits per heavy atom. The van der Waals surface area contributed by atoms with Crippen LogP contribution in [0.25, 0.3) is 33.6 Å². The predicted octanol–water partition coefficient (Wildman–Crippen LogP) is 5.53. The van der Waals surface area contributed by atoms with Gasteiger partial charge in [0.25, 0.3) is 0 Å². The molecule has 4 aromatic rings. The number of ether oxygens (including phenoxy) is 2. The molecule has 4 heteroatoms. The first-order valence-corrected chi connectivity index (χ1v) is 9.45. The number of nitrogens with one attached hydrogen (secondary N) is 1. The van der Waals surface area contributed by atoms with Crippen molar-refractivity contribution < 1.29 is 14.6 Å². The number of aromatic amines is 1. The Kier molecular flexibility index (Phi) is 5.36. The summed E-state index contributed by atoms with van der Waals surface area (Å²) < 4.78 is 10.9. The van der Waals surface area contributed by atoms with Crippen LogP contribution in [0.5, 0.6) is 11.5 Å². The minimum Gasteiger partial charge on any atom is -0.493 e. The molecule has 0 aliphatic rings. The summed E-state index contributed by atoms with van der Waals surface area (Å²) >= 11 is 0. The summed E-state index contributed by atoms with van der Waals surface area (Å²) in [5.74, 6) is 1.32. The van der Waals surface area contributed by atoms with Gasteiger partial charge in [0.15, 0.2) is 11.5 Å². The van der Waals surface area contributed by atoms with E-state index in [1.165, 1.54) is 0 Å². The van der Waals surface area contributed by atoms with E-state index in [9.17, 15) is 5.11 Å². The number of hydrogen-bond acceptors (Lipinski definition) is 3. The first-order valence-electron chi connectivity index (χ1n) is 9.45. The lowest BCUT2D eigenvalue weighted by atomic mass is 9.95. The lowest BCUT2D eigenvalue weighted by Crippen LogP contribution is -1.93. The highest BCUT2D eigenvalue weighted by molar-refractivity contribution is 5.90. The molecular weight excluding hydrogens is 362 g/mol. The Labute approximate surface area is 170 Å². The van der Waals surface area contributed by atoms with Crippen molar-refractivity contribution in [2.75, 3.05) is 14.2 Å². The number of H-pyrrole nitrogens is 1. The summed E-state index contributed by atoms with van der Waals surface area (Å²) in [6, 6.07) is 26.0. The quantitative estimate of drug-likeness (QED) is 0.459. The Balaban J connectivity index is 2.00. The van der Waals surface area contributed by atoms with E-state index in [2.05, 4.69) is 17.1 Å². The topological polar surface area (TPSA) is 54.5 Å². The standard InChI is InChI=1S/C25H23NO3/c1-28-21-14-13-19(15-22(21)29-2)23-20(16-27)24(17-9-5-3-6-10-17)26-25(23)18-11-7-4-8-12-18/h3-15,26-27H,16H2,1-2H3. The van der Waals surface area contributed by atoms with Crippen molar-refractivity contribution in [3.63, 3.8) is 0 Å². The van der Waals surface area contributed by atoms with E-state index in [4.69, 9.17) is 9.47 Å². The normalized spacial score (nSPS) is 10.7. The van der Waals surface area contributed by atoms with Crippen LogP contribution in [-0.2, 0) is 6.61 Å². The van der Waals surface area contributed by atoms with E-state index >= 15 is 0 Å². The fourth-order valence-corrected chi connectivity index (χ4v) is 3.68. The van der Waals surface area contributed by atoms with Gasteiger partial charge >= 0.3 is 0 Å². The highest BCUT2D eigenvalue weighted by Gasteiger charge is 2.21. The number of aromatic nitrogens is 1. The fourth-order valence-electron chi connectivity index (χ4n) is 3.68. The second-order valence-electron chi connectivity index (χ2n) is 6.69. The largest absolute Gasteiger partial charge is 0.493 e. The number of rotatable bonds is 6. The average Bonchev–Trinajstić information content (AvgIpc) is 3.19. The summed E-state index contributed by atoms with van der Waals surface area (Å²) in [5, 5.41) is 10.3. The number of aliphatic hydroxyl groups is 1. The average molecular weight is 385 g/mol. The molecule has 0 amide bonds. The van der Waals surface area contributed by atoms with Crippen molar-refractivity contribution in [3.05, 3.63) is 84.4 Å². The molecule has 0 radical (unpaired) electrons. The number of methoxy groups -OCH3 is 2. The SMILES string of the molecule is COc1ccc(-c2c(-c3ccccc3)[nH]c(-c3ccccc3)c2CO)cc1OC. The Morgan fingerprint density at radius 3 is 1.83 bits per heavy atom. The molecule has 1 aromatic heterocycles. The van der Waals surface area contributed by atoms with Crippen LogP contribution in [0.4, 0.5) is 0 Å². The van der Waals surface area contributed by atoms with E-state index in [0.717, 1.165) is 39.2 Å². The zero-order valence-electron chi connectivity index (χ0n) is 16.5. The van der Waals surface area contributed by atoms with Gasteiger partial charge in [0, 0.05) is 11.1 Å². The molecule has 3 aromatic carbocycles. The van der Waals surface area contributed by atoms with Crippen molar-refractivity contribution in [2.24, 2.45) is 0 Å². The van der Waals surface area contributed by atoms with Gasteiger partial charge in [0.2, 0.25) is 0 Å². The number of benzene rings is 3. The summed E-state index contributed by atoms with van der Waals surface area (Å²) in [6.07, 6.45) is 0. The lowest BCUT2D eigenvalue weighted by molar-refractivity contribution is 0.283. The second kappa shape index (κ2) is 8.25. The monoisotopic (exact) mass is 385 g/mol. The lowest BCUT2D eigenvalue weighted by Gasteiger charge is -2.12. The highest BCUT2D eigenvalue weighted by Crippen LogP contribution is 2.42. The molecule has 0 spiro atoms. The molecule has 0 unspecified atom stereocenters. The van der Waals surface area contributed by atoms with Crippen molar-refractivity contribution in [2.45, 2.75) is 6.61 Å². The second-order valence-corrected chi connectivity index (χ2v) is 6.69. The summed E-state index contributed by atoms with van der Waals surface area (Å²) in [6.45, 7) is -0.0861. The van der Waals surface area contributed by atoms with Crippen LogP contribution in [0.3, 0.4) is 0 Å². The van der Waals surface area contributed by atoms with Crippen LogP contribution in [0.15, 0.2) is 78.9 Å². The molecule has 0 atom stereocenters. The molecular formula is C25H23NO3. The summed E-state index contributed by atoms with van der Waals surface area (Å²) in [5.41, 5.74) is 6.71. The number of hydrogen-bond donors (Lipinski definition) is 2. The third kappa shape index (κ3) is 3.50. The minimum absolute atomic E-state index is 0.0861. The van der Waals surface area contributed by atoms with Crippen LogP contribution in [0.2, 0.25) is 0 Å². The number of aliphatic hydroxyl groups excluding tert-OH is 1. The molecule has 0 aliphatic carbocycles. The Bertz CT molecular complexity index is 1100. The zero-order valence-corrected chi connectivity index (χ0v) is 16.5. The smallest absolute Gasteiger partial charge is 0.161 e. The predicted molar refractivity (Wildman–Crippen MR) is 116 cm³/mol. The molecule has 2 N–H and O–H groups in total. The molecule has 4 rings (SSSR count). The Morgan fingerprint density at radius 1 is 0.690 bits per heavy atom. The van der Waals surface area contributed by atoms with Crippen molar-refractivity contribution in [1.29, 1.82) is 0 Å². The van der Waals surface area contributed by atoms with Crippen molar-refractivity contribution in [3.8, 4) is 45.1 Å².